The zero-order chi connectivity index (χ0) is 9.57. The maximum Gasteiger partial charge on any atom is 0.312 e. The summed E-state index contributed by atoms with van der Waals surface area (Å²) in [6.45, 7) is 6.70. The standard InChI is InChI=1S/C9H14O3/c1-8(2)5-6(10)9(3,4)12-7(8)11/h5H2,1-4H3. The monoisotopic (exact) mass is 170 g/mol. The second-order valence-electron chi connectivity index (χ2n) is 4.38. The Labute approximate surface area is 72.1 Å². The van der Waals surface area contributed by atoms with Crippen molar-refractivity contribution in [3.63, 3.8) is 0 Å². The Balaban J connectivity index is 2.91. The molecular formula is C9H14O3. The zero-order valence-corrected chi connectivity index (χ0v) is 7.93. The molecule has 1 saturated heterocycles. The zero-order valence-electron chi connectivity index (χ0n) is 7.93. The Morgan fingerprint density at radius 1 is 1.17 bits per heavy atom. The highest BCUT2D eigenvalue weighted by Crippen LogP contribution is 2.33. The van der Waals surface area contributed by atoms with Gasteiger partial charge in [0, 0.05) is 6.42 Å². The molecule has 0 unspecified atom stereocenters. The van der Waals surface area contributed by atoms with Gasteiger partial charge < -0.3 is 4.74 Å². The first-order valence-corrected chi connectivity index (χ1v) is 4.02. The van der Waals surface area contributed by atoms with Gasteiger partial charge in [0.1, 0.15) is 0 Å². The van der Waals surface area contributed by atoms with Gasteiger partial charge >= 0.3 is 5.97 Å². The largest absolute Gasteiger partial charge is 0.451 e. The van der Waals surface area contributed by atoms with Crippen LogP contribution in [0.4, 0.5) is 0 Å². The van der Waals surface area contributed by atoms with Crippen LogP contribution in [-0.4, -0.2) is 17.4 Å². The third-order valence-corrected chi connectivity index (χ3v) is 2.17. The third kappa shape index (κ3) is 1.36. The van der Waals surface area contributed by atoms with Gasteiger partial charge in [-0.1, -0.05) is 0 Å². The summed E-state index contributed by atoms with van der Waals surface area (Å²) < 4.78 is 5.01. The highest BCUT2D eigenvalue weighted by atomic mass is 16.6. The van der Waals surface area contributed by atoms with Crippen LogP contribution >= 0.6 is 0 Å². The Morgan fingerprint density at radius 3 is 2.08 bits per heavy atom. The molecule has 3 heteroatoms. The number of hydrogen-bond donors (Lipinski definition) is 0. The van der Waals surface area contributed by atoms with Crippen LogP contribution in [0.15, 0.2) is 0 Å². The molecule has 1 fully saturated rings. The van der Waals surface area contributed by atoms with E-state index in [9.17, 15) is 9.59 Å². The molecule has 0 aromatic carbocycles. The SMILES string of the molecule is CC1(C)CC(=O)C(C)(C)OC1=O. The van der Waals surface area contributed by atoms with Gasteiger partial charge in [-0.25, -0.2) is 0 Å². The lowest BCUT2D eigenvalue weighted by Crippen LogP contribution is -2.49. The molecule has 12 heavy (non-hydrogen) atoms. The fourth-order valence-corrected chi connectivity index (χ4v) is 1.11. The van der Waals surface area contributed by atoms with E-state index in [0.29, 0.717) is 0 Å². The first-order chi connectivity index (χ1) is 5.26. The van der Waals surface area contributed by atoms with E-state index in [1.807, 2.05) is 0 Å². The van der Waals surface area contributed by atoms with Crippen molar-refractivity contribution in [3.05, 3.63) is 0 Å². The summed E-state index contributed by atoms with van der Waals surface area (Å²) in [4.78, 5) is 22.7. The summed E-state index contributed by atoms with van der Waals surface area (Å²) in [6.07, 6.45) is 0.277. The summed E-state index contributed by atoms with van der Waals surface area (Å²) in [5.74, 6) is -0.292. The summed E-state index contributed by atoms with van der Waals surface area (Å²) in [6, 6.07) is 0. The van der Waals surface area contributed by atoms with Gasteiger partial charge in [-0.05, 0) is 27.7 Å². The predicted octanol–water partition coefficient (Wildman–Crippen LogP) is 1.31. The normalized spacial score (nSPS) is 26.7. The van der Waals surface area contributed by atoms with Gasteiger partial charge in [0.15, 0.2) is 11.4 Å². The van der Waals surface area contributed by atoms with Crippen LogP contribution in [0.5, 0.6) is 0 Å². The van der Waals surface area contributed by atoms with Gasteiger partial charge in [0.25, 0.3) is 0 Å². The molecule has 0 spiro atoms. The van der Waals surface area contributed by atoms with E-state index in [0.717, 1.165) is 0 Å². The number of ketones is 1. The van der Waals surface area contributed by atoms with Crippen molar-refractivity contribution in [3.8, 4) is 0 Å². The molecule has 1 aliphatic heterocycles. The Kier molecular flexibility index (Phi) is 1.78. The molecule has 0 N–H and O–H groups in total. The van der Waals surface area contributed by atoms with Gasteiger partial charge in [0.2, 0.25) is 0 Å². The van der Waals surface area contributed by atoms with E-state index in [4.69, 9.17) is 4.74 Å². The molecular weight excluding hydrogens is 156 g/mol. The molecule has 1 rings (SSSR count). The number of hydrogen-bond acceptors (Lipinski definition) is 3. The quantitative estimate of drug-likeness (QED) is 0.515. The Bertz CT molecular complexity index is 212. The average molecular weight is 170 g/mol. The molecule has 0 atom stereocenters. The first-order valence-electron chi connectivity index (χ1n) is 4.02. The van der Waals surface area contributed by atoms with Crippen LogP contribution in [-0.2, 0) is 14.3 Å². The highest BCUT2D eigenvalue weighted by Gasteiger charge is 2.46. The summed E-state index contributed by atoms with van der Waals surface area (Å²) in [7, 11) is 0. The van der Waals surface area contributed by atoms with E-state index in [-0.39, 0.29) is 18.2 Å². The Hall–Kier alpha value is -0.860. The Morgan fingerprint density at radius 2 is 1.67 bits per heavy atom. The highest BCUT2D eigenvalue weighted by molar-refractivity contribution is 5.96. The summed E-state index contributed by atoms with van der Waals surface area (Å²) >= 11 is 0. The van der Waals surface area contributed by atoms with Gasteiger partial charge in [0.05, 0.1) is 5.41 Å². The summed E-state index contributed by atoms with van der Waals surface area (Å²) in [5.41, 5.74) is -1.57. The number of rotatable bonds is 0. The maximum absolute atomic E-state index is 11.4. The second kappa shape index (κ2) is 2.31. The fourth-order valence-electron chi connectivity index (χ4n) is 1.11. The molecule has 68 valence electrons. The molecule has 0 aliphatic carbocycles. The van der Waals surface area contributed by atoms with Crippen molar-refractivity contribution in [1.82, 2.24) is 0 Å². The molecule has 3 nitrogen and oxygen atoms in total. The van der Waals surface area contributed by atoms with Gasteiger partial charge in [-0.3, -0.25) is 9.59 Å². The number of ether oxygens (including phenoxy) is 1. The lowest BCUT2D eigenvalue weighted by molar-refractivity contribution is -0.182. The third-order valence-electron chi connectivity index (χ3n) is 2.17. The minimum absolute atomic E-state index is 0.00731. The van der Waals surface area contributed by atoms with Crippen molar-refractivity contribution < 1.29 is 14.3 Å². The second-order valence-corrected chi connectivity index (χ2v) is 4.38. The van der Waals surface area contributed by atoms with Crippen molar-refractivity contribution in [2.24, 2.45) is 5.41 Å². The number of carbonyl (C=O) groups is 2. The van der Waals surface area contributed by atoms with Crippen molar-refractivity contribution in [2.75, 3.05) is 0 Å². The smallest absolute Gasteiger partial charge is 0.312 e. The molecule has 0 saturated carbocycles. The predicted molar refractivity (Wildman–Crippen MR) is 43.6 cm³/mol. The van der Waals surface area contributed by atoms with Gasteiger partial charge in [-0.2, -0.15) is 0 Å². The van der Waals surface area contributed by atoms with E-state index in [2.05, 4.69) is 0 Å². The lowest BCUT2D eigenvalue weighted by atomic mass is 9.80. The molecule has 0 aromatic rings. The van der Waals surface area contributed by atoms with Crippen LogP contribution in [0.25, 0.3) is 0 Å². The van der Waals surface area contributed by atoms with E-state index < -0.39 is 11.0 Å². The van der Waals surface area contributed by atoms with Crippen LogP contribution in [0, 0.1) is 5.41 Å². The van der Waals surface area contributed by atoms with Crippen LogP contribution in [0.1, 0.15) is 34.1 Å². The molecule has 0 amide bonds. The van der Waals surface area contributed by atoms with Gasteiger partial charge in [-0.15, -0.1) is 0 Å². The molecule has 1 heterocycles. The van der Waals surface area contributed by atoms with Crippen molar-refractivity contribution >= 4 is 11.8 Å². The van der Waals surface area contributed by atoms with Crippen LogP contribution in [0.3, 0.4) is 0 Å². The van der Waals surface area contributed by atoms with Crippen LogP contribution < -0.4 is 0 Å². The molecule has 0 radical (unpaired) electrons. The molecule has 1 aliphatic rings. The molecule has 0 aromatic heterocycles. The maximum atomic E-state index is 11.4. The average Bonchev–Trinajstić information content (AvgIpc) is 1.82. The van der Waals surface area contributed by atoms with E-state index in [1.54, 1.807) is 27.7 Å². The number of Topliss-reactive ketones (excluding diaryl/α,β-unsaturated/α-hetero) is 1. The van der Waals surface area contributed by atoms with Crippen molar-refractivity contribution in [2.45, 2.75) is 39.7 Å². The van der Waals surface area contributed by atoms with E-state index >= 15 is 0 Å². The number of esters is 1. The molecule has 0 bridgehead atoms. The van der Waals surface area contributed by atoms with E-state index in [1.165, 1.54) is 0 Å². The summed E-state index contributed by atoms with van der Waals surface area (Å²) in [5, 5.41) is 0. The number of cyclic esters (lactones) is 1. The minimum Gasteiger partial charge on any atom is -0.451 e. The number of carbonyl (C=O) groups excluding carboxylic acids is 2. The first kappa shape index (κ1) is 9.23. The van der Waals surface area contributed by atoms with Crippen LogP contribution in [0.2, 0.25) is 0 Å². The fraction of sp³-hybridized carbons (Fsp3) is 0.778. The van der Waals surface area contributed by atoms with Crippen molar-refractivity contribution in [1.29, 1.82) is 0 Å². The minimum atomic E-state index is -0.924. The topological polar surface area (TPSA) is 43.4 Å². The lowest BCUT2D eigenvalue weighted by Gasteiger charge is -2.36.